The minimum Gasteiger partial charge on any atom is -0.494 e. The Balaban J connectivity index is 2.60. The normalized spacial score (nSPS) is 12.4. The van der Waals surface area contributed by atoms with Gasteiger partial charge >= 0.3 is 0 Å². The Labute approximate surface area is 99.7 Å². The van der Waals surface area contributed by atoms with E-state index in [0.29, 0.717) is 5.73 Å². The molecule has 1 aromatic carbocycles. The van der Waals surface area contributed by atoms with Crippen LogP contribution in [0.25, 0.3) is 0 Å². The number of allylic oxidation sites excluding steroid dienone is 1. The van der Waals surface area contributed by atoms with Crippen LogP contribution in [-0.2, 0) is 0 Å². The SMILES string of the molecule is C=CCCC(Oc1ccc(N)cc1)[SiH](C)C. The van der Waals surface area contributed by atoms with Crippen molar-refractivity contribution in [2.75, 3.05) is 5.73 Å². The van der Waals surface area contributed by atoms with Crippen LogP contribution in [0.5, 0.6) is 5.75 Å². The van der Waals surface area contributed by atoms with Crippen molar-refractivity contribution in [3.05, 3.63) is 36.9 Å². The number of nitrogen functional groups attached to an aromatic ring is 1. The van der Waals surface area contributed by atoms with E-state index >= 15 is 0 Å². The van der Waals surface area contributed by atoms with Crippen LogP contribution in [-0.4, -0.2) is 14.5 Å². The van der Waals surface area contributed by atoms with Crippen LogP contribution < -0.4 is 10.5 Å². The Morgan fingerprint density at radius 1 is 1.38 bits per heavy atom. The van der Waals surface area contributed by atoms with Gasteiger partial charge < -0.3 is 10.5 Å². The van der Waals surface area contributed by atoms with Gasteiger partial charge in [0.1, 0.15) is 5.75 Å². The van der Waals surface area contributed by atoms with Crippen LogP contribution in [0.3, 0.4) is 0 Å². The lowest BCUT2D eigenvalue weighted by molar-refractivity contribution is 0.264. The van der Waals surface area contributed by atoms with Crippen molar-refractivity contribution < 1.29 is 4.74 Å². The number of hydrogen-bond acceptors (Lipinski definition) is 2. The first-order chi connectivity index (χ1) is 7.63. The maximum Gasteiger partial charge on any atom is 0.119 e. The molecule has 2 N–H and O–H groups in total. The Morgan fingerprint density at radius 2 is 2.00 bits per heavy atom. The zero-order chi connectivity index (χ0) is 12.0. The zero-order valence-corrected chi connectivity index (χ0v) is 11.3. The molecule has 0 radical (unpaired) electrons. The smallest absolute Gasteiger partial charge is 0.119 e. The molecule has 3 heteroatoms. The van der Waals surface area contributed by atoms with Gasteiger partial charge in [-0.1, -0.05) is 19.2 Å². The molecule has 0 amide bonds. The topological polar surface area (TPSA) is 35.2 Å². The Morgan fingerprint density at radius 3 is 2.50 bits per heavy atom. The summed E-state index contributed by atoms with van der Waals surface area (Å²) in [6.07, 6.45) is 4.04. The summed E-state index contributed by atoms with van der Waals surface area (Å²) >= 11 is 0. The fourth-order valence-electron chi connectivity index (χ4n) is 1.53. The highest BCUT2D eigenvalue weighted by atomic mass is 28.3. The van der Waals surface area contributed by atoms with Gasteiger partial charge in [-0.25, -0.2) is 0 Å². The highest BCUT2D eigenvalue weighted by Crippen LogP contribution is 2.17. The van der Waals surface area contributed by atoms with E-state index in [0.717, 1.165) is 24.3 Å². The molecule has 1 atom stereocenters. The van der Waals surface area contributed by atoms with Gasteiger partial charge in [-0.05, 0) is 37.1 Å². The molecule has 88 valence electrons. The summed E-state index contributed by atoms with van der Waals surface area (Å²) in [6, 6.07) is 7.63. The van der Waals surface area contributed by atoms with Crippen LogP contribution in [0.1, 0.15) is 12.8 Å². The van der Waals surface area contributed by atoms with E-state index in [1.807, 2.05) is 30.3 Å². The lowest BCUT2D eigenvalue weighted by Crippen LogP contribution is -2.30. The minimum atomic E-state index is -0.800. The molecule has 0 aliphatic heterocycles. The number of hydrogen-bond donors (Lipinski definition) is 1. The standard InChI is InChI=1S/C13H21NOSi/c1-4-5-6-13(16(2)3)15-12-9-7-11(14)8-10-12/h4,7-10,13,16H,1,5-6,14H2,2-3H3. The van der Waals surface area contributed by atoms with E-state index in [4.69, 9.17) is 10.5 Å². The lowest BCUT2D eigenvalue weighted by Gasteiger charge is -2.21. The summed E-state index contributed by atoms with van der Waals surface area (Å²) in [5, 5.41) is 0. The van der Waals surface area contributed by atoms with Crippen molar-refractivity contribution in [3.8, 4) is 5.75 Å². The average molecular weight is 235 g/mol. The predicted octanol–water partition coefficient (Wildman–Crippen LogP) is 3.01. The van der Waals surface area contributed by atoms with Gasteiger partial charge in [0, 0.05) is 5.69 Å². The lowest BCUT2D eigenvalue weighted by atomic mass is 10.3. The van der Waals surface area contributed by atoms with E-state index in [9.17, 15) is 0 Å². The van der Waals surface area contributed by atoms with Gasteiger partial charge in [-0.2, -0.15) is 0 Å². The molecular formula is C13H21NOSi. The van der Waals surface area contributed by atoms with Gasteiger partial charge in [0.15, 0.2) is 0 Å². The third kappa shape index (κ3) is 4.11. The van der Waals surface area contributed by atoms with E-state index in [-0.39, 0.29) is 0 Å². The molecule has 1 aromatic rings. The first kappa shape index (κ1) is 12.8. The maximum atomic E-state index is 5.99. The van der Waals surface area contributed by atoms with Crippen LogP contribution in [0.4, 0.5) is 5.69 Å². The summed E-state index contributed by atoms with van der Waals surface area (Å²) in [5.41, 5.74) is 6.79. The summed E-state index contributed by atoms with van der Waals surface area (Å²) in [4.78, 5) is 0. The molecule has 0 aliphatic carbocycles. The molecule has 0 heterocycles. The predicted molar refractivity (Wildman–Crippen MR) is 73.6 cm³/mol. The molecule has 0 fully saturated rings. The van der Waals surface area contributed by atoms with Gasteiger partial charge in [0.2, 0.25) is 0 Å². The van der Waals surface area contributed by atoms with Crippen LogP contribution in [0, 0.1) is 0 Å². The van der Waals surface area contributed by atoms with Gasteiger partial charge in [0.25, 0.3) is 0 Å². The molecule has 0 bridgehead atoms. The molecule has 0 aliphatic rings. The van der Waals surface area contributed by atoms with Crippen molar-refractivity contribution in [2.45, 2.75) is 31.7 Å². The van der Waals surface area contributed by atoms with E-state index in [1.165, 1.54) is 0 Å². The fourth-order valence-corrected chi connectivity index (χ4v) is 2.82. The number of rotatable bonds is 6. The summed E-state index contributed by atoms with van der Waals surface area (Å²) in [6.45, 7) is 8.38. The number of ether oxygens (including phenoxy) is 1. The summed E-state index contributed by atoms with van der Waals surface area (Å²) < 4.78 is 5.99. The van der Waals surface area contributed by atoms with Crippen LogP contribution in [0.15, 0.2) is 36.9 Å². The van der Waals surface area contributed by atoms with Crippen molar-refractivity contribution in [1.82, 2.24) is 0 Å². The van der Waals surface area contributed by atoms with E-state index in [2.05, 4.69) is 19.7 Å². The summed E-state index contributed by atoms with van der Waals surface area (Å²) in [7, 11) is -0.800. The zero-order valence-electron chi connectivity index (χ0n) is 10.1. The number of anilines is 1. The number of benzene rings is 1. The molecule has 16 heavy (non-hydrogen) atoms. The molecule has 0 aromatic heterocycles. The summed E-state index contributed by atoms with van der Waals surface area (Å²) in [5.74, 6) is 0.921. The quantitative estimate of drug-likeness (QED) is 0.467. The molecular weight excluding hydrogens is 214 g/mol. The van der Waals surface area contributed by atoms with Gasteiger partial charge in [-0.3, -0.25) is 0 Å². The largest absolute Gasteiger partial charge is 0.494 e. The second-order valence-electron chi connectivity index (χ2n) is 4.34. The first-order valence-corrected chi connectivity index (χ1v) is 8.74. The Kier molecular flexibility index (Phi) is 5.12. The van der Waals surface area contributed by atoms with E-state index < -0.39 is 8.80 Å². The van der Waals surface area contributed by atoms with Crippen molar-refractivity contribution in [2.24, 2.45) is 0 Å². The number of nitrogens with two attached hydrogens (primary N) is 1. The van der Waals surface area contributed by atoms with Gasteiger partial charge in [-0.15, -0.1) is 6.58 Å². The molecule has 1 rings (SSSR count). The minimum absolute atomic E-state index is 0.377. The molecule has 1 unspecified atom stereocenters. The molecule has 2 nitrogen and oxygen atoms in total. The van der Waals surface area contributed by atoms with Crippen molar-refractivity contribution in [1.29, 1.82) is 0 Å². The second-order valence-corrected chi connectivity index (χ2v) is 7.57. The Hall–Kier alpha value is -1.22. The van der Waals surface area contributed by atoms with Crippen LogP contribution >= 0.6 is 0 Å². The highest BCUT2D eigenvalue weighted by molar-refractivity contribution is 6.57. The van der Waals surface area contributed by atoms with E-state index in [1.54, 1.807) is 0 Å². The van der Waals surface area contributed by atoms with Gasteiger partial charge in [0.05, 0.1) is 14.5 Å². The molecule has 0 saturated heterocycles. The molecule has 0 saturated carbocycles. The fraction of sp³-hybridized carbons (Fsp3) is 0.385. The van der Waals surface area contributed by atoms with Crippen molar-refractivity contribution >= 4 is 14.5 Å². The third-order valence-electron chi connectivity index (χ3n) is 2.57. The van der Waals surface area contributed by atoms with Crippen molar-refractivity contribution in [3.63, 3.8) is 0 Å². The Bertz CT molecular complexity index is 321. The highest BCUT2D eigenvalue weighted by Gasteiger charge is 2.15. The third-order valence-corrected chi connectivity index (χ3v) is 4.52. The molecule has 0 spiro atoms. The van der Waals surface area contributed by atoms with Crippen LogP contribution in [0.2, 0.25) is 13.1 Å². The average Bonchev–Trinajstić information content (AvgIpc) is 2.26. The monoisotopic (exact) mass is 235 g/mol. The second kappa shape index (κ2) is 6.38. The maximum absolute atomic E-state index is 5.99. The first-order valence-electron chi connectivity index (χ1n) is 5.76.